The van der Waals surface area contributed by atoms with Gasteiger partial charge in [-0.2, -0.15) is 18.3 Å². The van der Waals surface area contributed by atoms with Crippen LogP contribution in [0.4, 0.5) is 13.2 Å². The highest BCUT2D eigenvalue weighted by molar-refractivity contribution is 14.0. The molecule has 1 fully saturated rings. The number of H-pyrrole nitrogens is 1. The van der Waals surface area contributed by atoms with Crippen LogP contribution in [0.2, 0.25) is 0 Å². The number of nitrogens with one attached hydrogen (secondary N) is 2. The number of hydrogen-bond acceptors (Lipinski definition) is 3. The molecule has 0 aliphatic carbocycles. The van der Waals surface area contributed by atoms with Crippen LogP contribution in [0, 0.1) is 0 Å². The van der Waals surface area contributed by atoms with E-state index in [4.69, 9.17) is 0 Å². The molecule has 2 heterocycles. The molecular formula is C20H28F3IN6. The van der Waals surface area contributed by atoms with E-state index in [1.807, 2.05) is 6.92 Å². The fourth-order valence-electron chi connectivity index (χ4n) is 3.70. The number of halogens is 4. The van der Waals surface area contributed by atoms with Gasteiger partial charge in [0.05, 0.1) is 5.56 Å². The van der Waals surface area contributed by atoms with E-state index in [2.05, 4.69) is 30.4 Å². The summed E-state index contributed by atoms with van der Waals surface area (Å²) < 4.78 is 38.7. The van der Waals surface area contributed by atoms with E-state index in [-0.39, 0.29) is 29.9 Å². The summed E-state index contributed by atoms with van der Waals surface area (Å²) in [5.74, 6) is 2.16. The largest absolute Gasteiger partial charge is 0.416 e. The Kier molecular flexibility index (Phi) is 8.92. The summed E-state index contributed by atoms with van der Waals surface area (Å²) in [5, 5.41) is 10.2. The van der Waals surface area contributed by atoms with Gasteiger partial charge in [0.1, 0.15) is 12.2 Å². The molecule has 1 saturated heterocycles. The number of guanidine groups is 1. The summed E-state index contributed by atoms with van der Waals surface area (Å²) in [6.07, 6.45) is -0.121. The molecule has 166 valence electrons. The Morgan fingerprint density at radius 2 is 2.07 bits per heavy atom. The van der Waals surface area contributed by atoms with Crippen LogP contribution in [0.15, 0.2) is 35.6 Å². The first-order valence-electron chi connectivity index (χ1n) is 9.86. The molecular weight excluding hydrogens is 508 g/mol. The molecule has 30 heavy (non-hydrogen) atoms. The third-order valence-corrected chi connectivity index (χ3v) is 5.47. The monoisotopic (exact) mass is 536 g/mol. The summed E-state index contributed by atoms with van der Waals surface area (Å²) in [4.78, 5) is 10.8. The Bertz CT molecular complexity index is 801. The highest BCUT2D eigenvalue weighted by Gasteiger charge is 2.30. The third-order valence-electron chi connectivity index (χ3n) is 5.47. The molecule has 6 nitrogen and oxygen atoms in total. The predicted molar refractivity (Wildman–Crippen MR) is 121 cm³/mol. The standard InChI is InChI=1S/C20H27F3N6.HI/c1-14(16-4-3-5-17(12-16)20(21,22)23)6-9-25-19(24-2)29-10-7-15(8-11-29)18-26-13-27-28-18;/h3-5,12-15H,6-11H2,1-2H3,(H,24,25)(H,26,27,28);1H. The number of hydrogen-bond donors (Lipinski definition) is 2. The van der Waals surface area contributed by atoms with Gasteiger partial charge in [0.15, 0.2) is 5.96 Å². The lowest BCUT2D eigenvalue weighted by molar-refractivity contribution is -0.137. The summed E-state index contributed by atoms with van der Waals surface area (Å²) >= 11 is 0. The van der Waals surface area contributed by atoms with Crippen LogP contribution < -0.4 is 5.32 Å². The molecule has 2 aromatic rings. The smallest absolute Gasteiger partial charge is 0.356 e. The summed E-state index contributed by atoms with van der Waals surface area (Å²) in [6.45, 7) is 4.33. The van der Waals surface area contributed by atoms with Crippen LogP contribution in [0.1, 0.15) is 55.0 Å². The molecule has 0 radical (unpaired) electrons. The van der Waals surface area contributed by atoms with E-state index in [1.165, 1.54) is 18.5 Å². The van der Waals surface area contributed by atoms with Crippen molar-refractivity contribution in [2.24, 2.45) is 4.99 Å². The lowest BCUT2D eigenvalue weighted by Gasteiger charge is -2.33. The highest BCUT2D eigenvalue weighted by atomic mass is 127. The second kappa shape index (κ2) is 11.0. The fourth-order valence-corrected chi connectivity index (χ4v) is 3.70. The normalized spacial score (nSPS) is 16.8. The van der Waals surface area contributed by atoms with Gasteiger partial charge in [-0.3, -0.25) is 10.1 Å². The minimum absolute atomic E-state index is 0. The number of aliphatic imine (C=N–C) groups is 1. The van der Waals surface area contributed by atoms with Crippen LogP contribution in [-0.2, 0) is 6.18 Å². The lowest BCUT2D eigenvalue weighted by Crippen LogP contribution is -2.45. The minimum atomic E-state index is -4.31. The van der Waals surface area contributed by atoms with Crippen LogP contribution >= 0.6 is 24.0 Å². The van der Waals surface area contributed by atoms with Gasteiger partial charge in [-0.1, -0.05) is 25.1 Å². The van der Waals surface area contributed by atoms with Crippen LogP contribution in [0.5, 0.6) is 0 Å². The average Bonchev–Trinajstić information content (AvgIpc) is 3.26. The molecule has 1 aromatic carbocycles. The SMILES string of the molecule is CN=C(NCCC(C)c1cccc(C(F)(F)F)c1)N1CCC(c2ncn[nH]2)CC1.I. The molecule has 0 amide bonds. The molecule has 0 bridgehead atoms. The first-order chi connectivity index (χ1) is 13.9. The molecule has 0 saturated carbocycles. The Hall–Kier alpha value is -1.85. The topological polar surface area (TPSA) is 69.2 Å². The zero-order chi connectivity index (χ0) is 20.9. The van der Waals surface area contributed by atoms with Crippen LogP contribution in [0.3, 0.4) is 0 Å². The Labute approximate surface area is 191 Å². The van der Waals surface area contributed by atoms with Gasteiger partial charge < -0.3 is 10.2 Å². The van der Waals surface area contributed by atoms with Gasteiger partial charge in [-0.05, 0) is 36.8 Å². The van der Waals surface area contributed by atoms with E-state index >= 15 is 0 Å². The fraction of sp³-hybridized carbons (Fsp3) is 0.550. The number of aromatic nitrogens is 3. The quantitative estimate of drug-likeness (QED) is 0.338. The van der Waals surface area contributed by atoms with Crippen molar-refractivity contribution in [3.63, 3.8) is 0 Å². The van der Waals surface area contributed by atoms with Gasteiger partial charge in [-0.15, -0.1) is 24.0 Å². The second-order valence-corrected chi connectivity index (χ2v) is 7.42. The summed E-state index contributed by atoms with van der Waals surface area (Å²) in [7, 11) is 1.75. The number of aromatic amines is 1. The van der Waals surface area contributed by atoms with Gasteiger partial charge in [0.2, 0.25) is 0 Å². The average molecular weight is 536 g/mol. The van der Waals surface area contributed by atoms with Crippen molar-refractivity contribution in [3.05, 3.63) is 47.5 Å². The van der Waals surface area contributed by atoms with E-state index in [9.17, 15) is 13.2 Å². The number of piperidine rings is 1. The highest BCUT2D eigenvalue weighted by Crippen LogP contribution is 2.31. The third kappa shape index (κ3) is 6.32. The van der Waals surface area contributed by atoms with Crippen molar-refractivity contribution < 1.29 is 13.2 Å². The van der Waals surface area contributed by atoms with E-state index < -0.39 is 11.7 Å². The van der Waals surface area contributed by atoms with Crippen molar-refractivity contribution in [1.82, 2.24) is 25.4 Å². The van der Waals surface area contributed by atoms with Gasteiger partial charge in [0.25, 0.3) is 0 Å². The van der Waals surface area contributed by atoms with Crippen LogP contribution in [0.25, 0.3) is 0 Å². The second-order valence-electron chi connectivity index (χ2n) is 7.42. The van der Waals surface area contributed by atoms with Crippen molar-refractivity contribution in [1.29, 1.82) is 0 Å². The predicted octanol–water partition coefficient (Wildman–Crippen LogP) is 4.39. The maximum atomic E-state index is 12.9. The number of likely N-dealkylation sites (tertiary alicyclic amines) is 1. The number of nitrogens with zero attached hydrogens (tertiary/aromatic N) is 4. The Morgan fingerprint density at radius 3 is 2.67 bits per heavy atom. The molecule has 1 unspecified atom stereocenters. The maximum Gasteiger partial charge on any atom is 0.416 e. The zero-order valence-corrected chi connectivity index (χ0v) is 19.4. The maximum absolute atomic E-state index is 12.9. The Morgan fingerprint density at radius 1 is 1.33 bits per heavy atom. The van der Waals surface area contributed by atoms with Crippen molar-refractivity contribution in [2.75, 3.05) is 26.7 Å². The van der Waals surface area contributed by atoms with Crippen molar-refractivity contribution >= 4 is 29.9 Å². The summed E-state index contributed by atoms with van der Waals surface area (Å²) in [5.41, 5.74) is 0.102. The molecule has 2 N–H and O–H groups in total. The molecule has 0 spiro atoms. The molecule has 3 rings (SSSR count). The Balaban J connectivity index is 0.00000320. The minimum Gasteiger partial charge on any atom is -0.356 e. The molecule has 1 atom stereocenters. The first kappa shape index (κ1) is 24.4. The van der Waals surface area contributed by atoms with E-state index in [1.54, 1.807) is 13.1 Å². The molecule has 10 heteroatoms. The molecule has 1 aliphatic heterocycles. The molecule has 1 aromatic heterocycles. The van der Waals surface area contributed by atoms with Crippen molar-refractivity contribution in [2.45, 2.75) is 44.2 Å². The lowest BCUT2D eigenvalue weighted by atomic mass is 9.95. The van der Waals surface area contributed by atoms with E-state index in [0.29, 0.717) is 18.0 Å². The molecule has 1 aliphatic rings. The van der Waals surface area contributed by atoms with Gasteiger partial charge in [-0.25, -0.2) is 4.98 Å². The van der Waals surface area contributed by atoms with Crippen molar-refractivity contribution in [3.8, 4) is 0 Å². The van der Waals surface area contributed by atoms with Gasteiger partial charge in [0, 0.05) is 32.6 Å². The zero-order valence-electron chi connectivity index (χ0n) is 17.1. The number of benzene rings is 1. The van der Waals surface area contributed by atoms with E-state index in [0.717, 1.165) is 50.2 Å². The summed E-state index contributed by atoms with van der Waals surface area (Å²) in [6, 6.07) is 5.58. The van der Waals surface area contributed by atoms with Crippen LogP contribution in [-0.4, -0.2) is 52.7 Å². The van der Waals surface area contributed by atoms with Gasteiger partial charge >= 0.3 is 6.18 Å². The first-order valence-corrected chi connectivity index (χ1v) is 9.86. The number of alkyl halides is 3. The number of rotatable bonds is 5.